The highest BCUT2D eigenvalue weighted by atomic mass is 32.2. The first-order valence-electron chi connectivity index (χ1n) is 22.7. The summed E-state index contributed by atoms with van der Waals surface area (Å²) in [5, 5.41) is 27.9. The van der Waals surface area contributed by atoms with Gasteiger partial charge >= 0.3 is 0 Å². The van der Waals surface area contributed by atoms with Crippen molar-refractivity contribution in [1.82, 2.24) is 42.1 Å². The third kappa shape index (κ3) is 18.3. The zero-order valence-electron chi connectivity index (χ0n) is 38.9. The summed E-state index contributed by atoms with van der Waals surface area (Å²) in [5.74, 6) is -9.14. The number of rotatable bonds is 17. The van der Waals surface area contributed by atoms with Gasteiger partial charge in [-0.15, -0.1) is 0 Å². The van der Waals surface area contributed by atoms with E-state index in [4.69, 9.17) is 17.2 Å². The van der Waals surface area contributed by atoms with Crippen LogP contribution >= 0.6 is 11.8 Å². The molecule has 0 spiro atoms. The van der Waals surface area contributed by atoms with Crippen molar-refractivity contribution in [3.8, 4) is 5.75 Å². The molecule has 11 amide bonds. The molecule has 14 N–H and O–H groups in total. The van der Waals surface area contributed by atoms with Gasteiger partial charge in [0.05, 0.1) is 13.0 Å². The zero-order valence-corrected chi connectivity index (χ0v) is 39.7. The monoisotopic (exact) mass is 973 g/mol. The quantitative estimate of drug-likeness (QED) is 0.0753. The number of nitrogens with zero attached hydrogens (tertiary/aromatic N) is 1. The van der Waals surface area contributed by atoms with E-state index in [1.54, 1.807) is 26.0 Å². The Balaban J connectivity index is 2.02. The van der Waals surface area contributed by atoms with Crippen molar-refractivity contribution in [2.45, 2.75) is 134 Å². The summed E-state index contributed by atoms with van der Waals surface area (Å²) in [7, 11) is 0. The maximum Gasteiger partial charge on any atom is 0.245 e. The third-order valence-corrected chi connectivity index (χ3v) is 12.4. The molecule has 23 nitrogen and oxygen atoms in total. The Bertz CT molecular complexity index is 2010. The van der Waals surface area contributed by atoms with Crippen molar-refractivity contribution in [3.05, 3.63) is 29.8 Å². The van der Waals surface area contributed by atoms with Gasteiger partial charge in [0.15, 0.2) is 0 Å². The number of phenols is 1. The van der Waals surface area contributed by atoms with Crippen LogP contribution in [0.3, 0.4) is 0 Å². The molecule has 24 heteroatoms. The van der Waals surface area contributed by atoms with E-state index in [0.29, 0.717) is 18.4 Å². The summed E-state index contributed by atoms with van der Waals surface area (Å²) in [4.78, 5) is 148. The molecular weight excluding hydrogens is 907 g/mol. The van der Waals surface area contributed by atoms with E-state index in [-0.39, 0.29) is 68.2 Å². The van der Waals surface area contributed by atoms with E-state index < -0.39 is 133 Å². The van der Waals surface area contributed by atoms with Gasteiger partial charge in [-0.2, -0.15) is 11.8 Å². The lowest BCUT2D eigenvalue weighted by Crippen LogP contribution is -2.61. The van der Waals surface area contributed by atoms with E-state index in [2.05, 4.69) is 37.2 Å². The number of hydrogen-bond donors (Lipinski definition) is 11. The van der Waals surface area contributed by atoms with Crippen LogP contribution < -0.4 is 54.4 Å². The number of amides is 11. The molecular formula is C44H67N11O12S. The average molecular weight is 974 g/mol. The van der Waals surface area contributed by atoms with Crippen LogP contribution in [0.4, 0.5) is 0 Å². The molecule has 2 aliphatic rings. The van der Waals surface area contributed by atoms with Gasteiger partial charge in [-0.3, -0.25) is 52.7 Å². The number of nitrogens with one attached hydrogen (secondary N) is 7. The van der Waals surface area contributed by atoms with Crippen molar-refractivity contribution in [2.24, 2.45) is 29.0 Å². The molecule has 8 unspecified atom stereocenters. The first-order valence-corrected chi connectivity index (χ1v) is 23.8. The number of carbonyl (C=O) groups is 11. The smallest absolute Gasteiger partial charge is 0.245 e. The number of nitrogens with two attached hydrogens (primary N) is 3. The highest BCUT2D eigenvalue weighted by Crippen LogP contribution is 2.22. The van der Waals surface area contributed by atoms with Crippen LogP contribution in [-0.2, 0) is 59.2 Å². The second-order valence-electron chi connectivity index (χ2n) is 17.4. The minimum atomic E-state index is -1.72. The highest BCUT2D eigenvalue weighted by molar-refractivity contribution is 7.99. The number of phenolic OH excluding ortho intramolecular Hbond substituents is 1. The van der Waals surface area contributed by atoms with E-state index in [0.717, 1.165) is 0 Å². The molecule has 68 heavy (non-hydrogen) atoms. The van der Waals surface area contributed by atoms with Crippen LogP contribution in [-0.4, -0.2) is 142 Å². The molecule has 0 radical (unpaired) electrons. The van der Waals surface area contributed by atoms with E-state index in [1.807, 2.05) is 13.8 Å². The Morgan fingerprint density at radius 3 is 2.06 bits per heavy atom. The Morgan fingerprint density at radius 1 is 0.794 bits per heavy atom. The average Bonchev–Trinajstić information content (AvgIpc) is 3.77. The number of benzene rings is 1. The fraction of sp³-hybridized carbons (Fsp3) is 0.614. The van der Waals surface area contributed by atoms with Gasteiger partial charge in [0.25, 0.3) is 0 Å². The van der Waals surface area contributed by atoms with Crippen LogP contribution in [0.25, 0.3) is 0 Å². The summed E-state index contributed by atoms with van der Waals surface area (Å²) >= 11 is 1.23. The first kappa shape index (κ1) is 55.9. The second-order valence-corrected chi connectivity index (χ2v) is 18.7. The largest absolute Gasteiger partial charge is 0.508 e. The molecule has 0 bridgehead atoms. The Hall–Kier alpha value is -6.46. The number of carbonyl (C=O) groups excluding carboxylic acids is 11. The Kier molecular flexibility index (Phi) is 22.5. The molecule has 8 atom stereocenters. The summed E-state index contributed by atoms with van der Waals surface area (Å²) < 4.78 is 0. The normalized spacial score (nSPS) is 23.4. The lowest BCUT2D eigenvalue weighted by molar-refractivity contribution is -0.142. The number of aromatic hydroxyl groups is 1. The van der Waals surface area contributed by atoms with Crippen molar-refractivity contribution in [2.75, 3.05) is 24.6 Å². The lowest BCUT2D eigenvalue weighted by Gasteiger charge is -2.31. The van der Waals surface area contributed by atoms with Gasteiger partial charge in [-0.25, -0.2) is 0 Å². The Morgan fingerprint density at radius 2 is 1.44 bits per heavy atom. The summed E-state index contributed by atoms with van der Waals surface area (Å²) in [6.45, 7) is 6.70. The molecule has 0 aliphatic carbocycles. The first-order chi connectivity index (χ1) is 32.1. The molecule has 0 saturated carbocycles. The Labute approximate surface area is 399 Å². The van der Waals surface area contributed by atoms with E-state index >= 15 is 0 Å². The van der Waals surface area contributed by atoms with Crippen LogP contribution in [0.2, 0.25) is 0 Å². The van der Waals surface area contributed by atoms with Gasteiger partial charge in [0.2, 0.25) is 65.0 Å². The molecule has 1 aromatic rings. The molecule has 2 heterocycles. The minimum absolute atomic E-state index is 0.0232. The number of likely N-dealkylation sites (tertiary alicyclic amines) is 1. The summed E-state index contributed by atoms with van der Waals surface area (Å²) in [6.07, 6.45) is -0.651. The number of hydrogen-bond acceptors (Lipinski definition) is 13. The van der Waals surface area contributed by atoms with Crippen molar-refractivity contribution < 1.29 is 57.8 Å². The highest BCUT2D eigenvalue weighted by Gasteiger charge is 2.40. The van der Waals surface area contributed by atoms with Crippen LogP contribution in [0, 0.1) is 11.8 Å². The fourth-order valence-electron chi connectivity index (χ4n) is 7.57. The van der Waals surface area contributed by atoms with Crippen molar-refractivity contribution >= 4 is 76.7 Å². The predicted octanol–water partition coefficient (Wildman–Crippen LogP) is -2.80. The molecule has 1 aromatic carbocycles. The summed E-state index contributed by atoms with van der Waals surface area (Å²) in [5.41, 5.74) is 16.7. The minimum Gasteiger partial charge on any atom is -0.508 e. The van der Waals surface area contributed by atoms with Gasteiger partial charge in [0, 0.05) is 31.6 Å². The molecule has 3 rings (SSSR count). The van der Waals surface area contributed by atoms with Crippen LogP contribution in [0.5, 0.6) is 5.75 Å². The van der Waals surface area contributed by atoms with Gasteiger partial charge in [-0.05, 0) is 67.4 Å². The second kappa shape index (κ2) is 27.4. The molecule has 2 saturated heterocycles. The molecule has 2 fully saturated rings. The molecule has 376 valence electrons. The fourth-order valence-corrected chi connectivity index (χ4v) is 8.50. The van der Waals surface area contributed by atoms with Gasteiger partial charge < -0.3 is 64.4 Å². The van der Waals surface area contributed by atoms with Gasteiger partial charge in [-0.1, -0.05) is 46.2 Å². The van der Waals surface area contributed by atoms with E-state index in [1.165, 1.54) is 28.8 Å². The van der Waals surface area contributed by atoms with Crippen molar-refractivity contribution in [3.63, 3.8) is 0 Å². The number of primary amides is 3. The van der Waals surface area contributed by atoms with Crippen LogP contribution in [0.1, 0.15) is 91.0 Å². The standard InChI is InChI=1S/C44H67N11O12S/c1-5-24(4)37-43(66)50-27(12-13-33(45)57)39(62)52-31(21-34(46)58)40(63)51-28(14-17-68-18-15-36(60)49-30(41(64)54-37)20-25-8-10-26(56)11-9-25)44(67)55-16-6-7-32(55)42(65)53-29(19-23(2)3)38(61)48-22-35(47)59/h8-11,23-24,27-32,37,56H,5-7,12-22H2,1-4H3,(H2,45,57)(H2,46,58)(H2,47,59)(H,48,61)(H,49,60)(H,50,66)(H,51,63)(H,52,62)(H,53,65)(H,54,64). The lowest BCUT2D eigenvalue weighted by atomic mass is 9.96. The van der Waals surface area contributed by atoms with E-state index in [9.17, 15) is 57.8 Å². The van der Waals surface area contributed by atoms with Gasteiger partial charge in [0.1, 0.15) is 48.0 Å². The maximum absolute atomic E-state index is 14.5. The van der Waals surface area contributed by atoms with Crippen LogP contribution in [0.15, 0.2) is 24.3 Å². The number of thioether (sulfide) groups is 1. The maximum atomic E-state index is 14.5. The van der Waals surface area contributed by atoms with Crippen molar-refractivity contribution in [1.29, 1.82) is 0 Å². The molecule has 0 aromatic heterocycles. The predicted molar refractivity (Wildman–Crippen MR) is 248 cm³/mol. The SMILES string of the molecule is CCC(C)C1NC(=O)C(Cc2ccc(O)cc2)NC(=O)CCSCCC(C(=O)N2CCCC2C(=O)NC(CC(C)C)C(=O)NCC(N)=O)NC(=O)C(CC(N)=O)NC(=O)C(CCC(N)=O)NC1=O. The molecule has 2 aliphatic heterocycles. The summed E-state index contributed by atoms with van der Waals surface area (Å²) in [6, 6.07) is -3.35. The third-order valence-electron chi connectivity index (χ3n) is 11.4. The zero-order chi connectivity index (χ0) is 50.7. The topological polar surface area (TPSA) is 374 Å².